The van der Waals surface area contributed by atoms with E-state index in [4.69, 9.17) is 9.47 Å². The van der Waals surface area contributed by atoms with Gasteiger partial charge in [-0.2, -0.15) is 0 Å². The zero-order valence-electron chi connectivity index (χ0n) is 22.1. The number of aromatic nitrogens is 1. The maximum atomic E-state index is 15.6. The maximum Gasteiger partial charge on any atom is 0.297 e. The average Bonchev–Trinajstić information content (AvgIpc) is 3.31. The monoisotopic (exact) mass is 536 g/mol. The van der Waals surface area contributed by atoms with E-state index in [1.165, 1.54) is 11.7 Å². The SMILES string of the molecule is COc1cccn(-c2cccc(CN3C(=O)[C@]4(O[C@H](CCO)[C@@H]([Si](C)(C)F)[C@@H]4C)c4ccccc43)c2)c1=O. The van der Waals surface area contributed by atoms with Gasteiger partial charge in [0.05, 0.1) is 25.4 Å². The number of nitrogens with zero attached hydrogens (tertiary/aromatic N) is 2. The Bertz CT molecular complexity index is 1420. The number of methoxy groups -OCH3 is 1. The number of rotatable bonds is 7. The molecule has 2 aliphatic rings. The predicted molar refractivity (Wildman–Crippen MR) is 146 cm³/mol. The molecule has 38 heavy (non-hydrogen) atoms. The van der Waals surface area contributed by atoms with Crippen molar-refractivity contribution in [3.05, 3.63) is 88.3 Å². The van der Waals surface area contributed by atoms with E-state index in [1.807, 2.05) is 55.5 Å². The number of para-hydroxylation sites is 1. The molecule has 0 bridgehead atoms. The summed E-state index contributed by atoms with van der Waals surface area (Å²) >= 11 is 0. The summed E-state index contributed by atoms with van der Waals surface area (Å²) in [4.78, 5) is 28.8. The highest BCUT2D eigenvalue weighted by Crippen LogP contribution is 2.60. The number of anilines is 1. The number of fused-ring (bicyclic) bond motifs is 2. The molecule has 5 rings (SSSR count). The Hall–Kier alpha value is -3.27. The third-order valence-electron chi connectivity index (χ3n) is 7.94. The Morgan fingerprint density at radius 1 is 1.11 bits per heavy atom. The molecule has 1 saturated heterocycles. The number of carbonyl (C=O) groups excluding carboxylic acids is 1. The summed E-state index contributed by atoms with van der Waals surface area (Å²) in [6.07, 6.45) is 1.42. The van der Waals surface area contributed by atoms with Crippen LogP contribution >= 0.6 is 0 Å². The van der Waals surface area contributed by atoms with E-state index in [9.17, 15) is 14.7 Å². The lowest BCUT2D eigenvalue weighted by Crippen LogP contribution is -2.45. The van der Waals surface area contributed by atoms with Crippen LogP contribution in [-0.4, -0.2) is 43.8 Å². The number of aliphatic hydroxyl groups excluding tert-OH is 1. The molecule has 0 unspecified atom stereocenters. The van der Waals surface area contributed by atoms with Gasteiger partial charge in [0.2, 0.25) is 8.41 Å². The number of benzene rings is 2. The van der Waals surface area contributed by atoms with Gasteiger partial charge in [-0.25, -0.2) is 0 Å². The number of hydrogen-bond acceptors (Lipinski definition) is 5. The summed E-state index contributed by atoms with van der Waals surface area (Å²) in [6.45, 7) is 5.33. The quantitative estimate of drug-likeness (QED) is 0.354. The molecule has 3 aromatic rings. The lowest BCUT2D eigenvalue weighted by atomic mass is 9.82. The first-order valence-corrected chi connectivity index (χ1v) is 15.8. The molecule has 1 fully saturated rings. The number of halogens is 1. The topological polar surface area (TPSA) is 81.0 Å². The normalized spacial score (nSPS) is 24.7. The fourth-order valence-corrected chi connectivity index (χ4v) is 8.92. The molecule has 1 aromatic heterocycles. The van der Waals surface area contributed by atoms with Crippen molar-refractivity contribution in [1.29, 1.82) is 0 Å². The summed E-state index contributed by atoms with van der Waals surface area (Å²) in [5, 5.41) is 9.69. The Morgan fingerprint density at radius 3 is 2.58 bits per heavy atom. The highest BCUT2D eigenvalue weighted by molar-refractivity contribution is 6.72. The minimum atomic E-state index is -3.24. The summed E-state index contributed by atoms with van der Waals surface area (Å²) in [5.41, 5.74) is 0.928. The van der Waals surface area contributed by atoms with Crippen LogP contribution in [0.1, 0.15) is 24.5 Å². The summed E-state index contributed by atoms with van der Waals surface area (Å²) < 4.78 is 28.8. The van der Waals surface area contributed by atoms with Gasteiger partial charge >= 0.3 is 0 Å². The molecule has 2 aromatic carbocycles. The van der Waals surface area contributed by atoms with E-state index >= 15 is 4.11 Å². The Morgan fingerprint density at radius 2 is 1.87 bits per heavy atom. The molecule has 1 amide bonds. The van der Waals surface area contributed by atoms with Crippen molar-refractivity contribution in [2.24, 2.45) is 5.92 Å². The summed E-state index contributed by atoms with van der Waals surface area (Å²) in [6, 6.07) is 18.3. The number of amides is 1. The van der Waals surface area contributed by atoms with E-state index in [-0.39, 0.29) is 36.8 Å². The Balaban J connectivity index is 1.54. The Labute approximate surface area is 222 Å². The Kier molecular flexibility index (Phi) is 6.79. The molecule has 0 radical (unpaired) electrons. The second-order valence-corrected chi connectivity index (χ2v) is 14.4. The second kappa shape index (κ2) is 9.80. The molecule has 1 spiro atoms. The first-order valence-electron chi connectivity index (χ1n) is 12.9. The van der Waals surface area contributed by atoms with Crippen LogP contribution in [0.4, 0.5) is 9.80 Å². The molecule has 0 saturated carbocycles. The average molecular weight is 537 g/mol. The van der Waals surface area contributed by atoms with E-state index in [1.54, 1.807) is 36.3 Å². The number of aliphatic hydroxyl groups is 1. The number of ether oxygens (including phenoxy) is 2. The van der Waals surface area contributed by atoms with E-state index in [2.05, 4.69) is 0 Å². The summed E-state index contributed by atoms with van der Waals surface area (Å²) in [5.74, 6) is -0.382. The second-order valence-electron chi connectivity index (χ2n) is 10.6. The number of carbonyl (C=O) groups is 1. The standard InChI is InChI=1S/C29H33FN2O5Si/c1-19-26(38(3,4)30)24(14-16-33)37-29(19)22-11-5-6-12-23(22)32(28(29)35)18-20-9-7-10-21(17-20)31-15-8-13-25(36-2)27(31)34/h5-13,15,17,19,24,26,33H,14,16,18H2,1-4H3/t19-,24+,26-,29+/m0/s1. The minimum Gasteiger partial charge on any atom is -0.491 e. The van der Waals surface area contributed by atoms with Crippen LogP contribution in [-0.2, 0) is 21.7 Å². The number of pyridine rings is 1. The molecule has 2 aliphatic heterocycles. The smallest absolute Gasteiger partial charge is 0.297 e. The lowest BCUT2D eigenvalue weighted by molar-refractivity contribution is -0.146. The third-order valence-corrected chi connectivity index (χ3v) is 10.4. The van der Waals surface area contributed by atoms with Crippen molar-refractivity contribution in [3.63, 3.8) is 0 Å². The zero-order chi connectivity index (χ0) is 27.2. The van der Waals surface area contributed by atoms with E-state index in [0.29, 0.717) is 5.69 Å². The zero-order valence-corrected chi connectivity index (χ0v) is 23.1. The fourth-order valence-electron chi connectivity index (χ4n) is 6.38. The van der Waals surface area contributed by atoms with Crippen LogP contribution in [0.5, 0.6) is 5.75 Å². The van der Waals surface area contributed by atoms with Gasteiger partial charge in [-0.15, -0.1) is 0 Å². The van der Waals surface area contributed by atoms with Gasteiger partial charge in [-0.1, -0.05) is 37.3 Å². The van der Waals surface area contributed by atoms with Crippen LogP contribution in [0.2, 0.25) is 18.6 Å². The van der Waals surface area contributed by atoms with Crippen LogP contribution in [0.25, 0.3) is 5.69 Å². The molecule has 7 nitrogen and oxygen atoms in total. The van der Waals surface area contributed by atoms with Crippen molar-refractivity contribution in [1.82, 2.24) is 4.57 Å². The third kappa shape index (κ3) is 4.09. The largest absolute Gasteiger partial charge is 0.491 e. The lowest BCUT2D eigenvalue weighted by Gasteiger charge is -2.31. The highest BCUT2D eigenvalue weighted by atomic mass is 28.4. The van der Waals surface area contributed by atoms with Crippen LogP contribution in [0, 0.1) is 5.92 Å². The van der Waals surface area contributed by atoms with Crippen LogP contribution in [0.15, 0.2) is 71.7 Å². The molecule has 9 heteroatoms. The predicted octanol–water partition coefficient (Wildman–Crippen LogP) is 4.55. The van der Waals surface area contributed by atoms with Crippen molar-refractivity contribution < 1.29 is 23.5 Å². The maximum absolute atomic E-state index is 15.6. The van der Waals surface area contributed by atoms with Gasteiger partial charge in [0.25, 0.3) is 11.5 Å². The molecule has 4 atom stereocenters. The van der Waals surface area contributed by atoms with Crippen LogP contribution in [0.3, 0.4) is 0 Å². The molecule has 0 aliphatic carbocycles. The van der Waals surface area contributed by atoms with Crippen molar-refractivity contribution >= 4 is 20.0 Å². The van der Waals surface area contributed by atoms with E-state index < -0.39 is 31.6 Å². The first kappa shape index (κ1) is 26.3. The highest BCUT2D eigenvalue weighted by Gasteiger charge is 2.66. The molecular weight excluding hydrogens is 503 g/mol. The van der Waals surface area contributed by atoms with Gasteiger partial charge in [0.15, 0.2) is 11.4 Å². The molecule has 3 heterocycles. The molecule has 1 N–H and O–H groups in total. The van der Waals surface area contributed by atoms with E-state index in [0.717, 1.165) is 16.8 Å². The fraction of sp³-hybridized carbons (Fsp3) is 0.379. The molecular formula is C29H33FN2O5Si. The van der Waals surface area contributed by atoms with Gasteiger partial charge in [0, 0.05) is 35.5 Å². The van der Waals surface area contributed by atoms with Gasteiger partial charge in [-0.3, -0.25) is 14.2 Å². The van der Waals surface area contributed by atoms with Gasteiger partial charge < -0.3 is 23.6 Å². The minimum absolute atomic E-state index is 0.134. The van der Waals surface area contributed by atoms with Gasteiger partial charge in [-0.05, 0) is 55.4 Å². The van der Waals surface area contributed by atoms with Gasteiger partial charge in [0.1, 0.15) is 0 Å². The summed E-state index contributed by atoms with van der Waals surface area (Å²) in [7, 11) is -1.78. The first-order chi connectivity index (χ1) is 18.1. The van der Waals surface area contributed by atoms with Crippen LogP contribution < -0.4 is 15.2 Å². The number of hydrogen-bond donors (Lipinski definition) is 1. The van der Waals surface area contributed by atoms with Crippen molar-refractivity contribution in [2.45, 2.75) is 50.2 Å². The van der Waals surface area contributed by atoms with Crippen molar-refractivity contribution in [2.75, 3.05) is 18.6 Å². The van der Waals surface area contributed by atoms with Crippen molar-refractivity contribution in [3.8, 4) is 11.4 Å². The molecule has 200 valence electrons.